The predicted octanol–water partition coefficient (Wildman–Crippen LogP) is 2.35. The quantitative estimate of drug-likeness (QED) is 0.928. The number of hydrogen-bond acceptors (Lipinski definition) is 4. The Bertz CT molecular complexity index is 500. The molecule has 5 nitrogen and oxygen atoms in total. The topological polar surface area (TPSA) is 54.7 Å². The Morgan fingerprint density at radius 2 is 2.00 bits per heavy atom. The summed E-state index contributed by atoms with van der Waals surface area (Å²) in [7, 11) is 0. The highest BCUT2D eigenvalue weighted by molar-refractivity contribution is 5.92. The molecule has 0 unspecified atom stereocenters. The monoisotopic (exact) mass is 306 g/mol. The minimum Gasteiger partial charge on any atom is -0.459 e. The Morgan fingerprint density at radius 1 is 1.27 bits per heavy atom. The molecule has 1 N–H and O–H groups in total. The van der Waals surface area contributed by atoms with Gasteiger partial charge in [-0.1, -0.05) is 19.3 Å². The summed E-state index contributed by atoms with van der Waals surface area (Å²) in [6.45, 7) is 6.13. The highest BCUT2D eigenvalue weighted by Crippen LogP contribution is 2.34. The van der Waals surface area contributed by atoms with Crippen LogP contribution in [0.2, 0.25) is 0 Å². The van der Waals surface area contributed by atoms with Crippen LogP contribution < -0.4 is 5.32 Å². The van der Waals surface area contributed by atoms with E-state index >= 15 is 0 Å². The van der Waals surface area contributed by atoms with E-state index in [0.717, 1.165) is 44.7 Å². The normalized spacial score (nSPS) is 22.4. The fraction of sp³-hybridized carbons (Fsp3) is 0.706. The van der Waals surface area contributed by atoms with Gasteiger partial charge in [0.15, 0.2) is 5.76 Å². The summed E-state index contributed by atoms with van der Waals surface area (Å²) in [5.41, 5.74) is 0.986. The summed E-state index contributed by atoms with van der Waals surface area (Å²) in [5.74, 6) is 0.341. The van der Waals surface area contributed by atoms with Crippen molar-refractivity contribution in [2.24, 2.45) is 0 Å². The molecule has 0 bridgehead atoms. The van der Waals surface area contributed by atoms with E-state index in [1.807, 2.05) is 13.0 Å². The molecular formula is C17H26N2O3. The lowest BCUT2D eigenvalue weighted by molar-refractivity contribution is -0.0362. The molecule has 0 radical (unpaired) electrons. The largest absolute Gasteiger partial charge is 0.459 e. The van der Waals surface area contributed by atoms with Crippen molar-refractivity contribution in [3.8, 4) is 0 Å². The van der Waals surface area contributed by atoms with Crippen LogP contribution >= 0.6 is 0 Å². The number of amides is 1. The van der Waals surface area contributed by atoms with E-state index in [1.54, 1.807) is 6.26 Å². The van der Waals surface area contributed by atoms with Crippen LogP contribution in [0, 0.1) is 6.92 Å². The van der Waals surface area contributed by atoms with Crippen molar-refractivity contribution in [3.05, 3.63) is 23.7 Å². The van der Waals surface area contributed by atoms with Crippen molar-refractivity contribution >= 4 is 5.91 Å². The SMILES string of the molecule is Cc1ccoc1C(=O)NCC1(N2CCOCC2)CCCCC1. The van der Waals surface area contributed by atoms with Gasteiger partial charge in [0.25, 0.3) is 5.91 Å². The van der Waals surface area contributed by atoms with Crippen molar-refractivity contribution in [2.45, 2.75) is 44.6 Å². The summed E-state index contributed by atoms with van der Waals surface area (Å²) in [6.07, 6.45) is 7.68. The lowest BCUT2D eigenvalue weighted by Gasteiger charge is -2.48. The molecule has 1 saturated carbocycles. The van der Waals surface area contributed by atoms with E-state index in [1.165, 1.54) is 19.3 Å². The van der Waals surface area contributed by atoms with Crippen LogP contribution in [-0.4, -0.2) is 49.2 Å². The van der Waals surface area contributed by atoms with Gasteiger partial charge in [-0.05, 0) is 25.8 Å². The Labute approximate surface area is 132 Å². The van der Waals surface area contributed by atoms with Gasteiger partial charge in [-0.2, -0.15) is 0 Å². The number of morpholine rings is 1. The van der Waals surface area contributed by atoms with E-state index in [-0.39, 0.29) is 11.4 Å². The van der Waals surface area contributed by atoms with Crippen LogP contribution in [0.3, 0.4) is 0 Å². The zero-order valence-electron chi connectivity index (χ0n) is 13.4. The first-order valence-corrected chi connectivity index (χ1v) is 8.36. The van der Waals surface area contributed by atoms with Crippen LogP contribution in [0.5, 0.6) is 0 Å². The summed E-state index contributed by atoms with van der Waals surface area (Å²) in [6, 6.07) is 1.83. The maximum absolute atomic E-state index is 12.3. The molecular weight excluding hydrogens is 280 g/mol. The van der Waals surface area contributed by atoms with Crippen molar-refractivity contribution in [1.82, 2.24) is 10.2 Å². The summed E-state index contributed by atoms with van der Waals surface area (Å²) < 4.78 is 10.8. The number of carbonyl (C=O) groups is 1. The van der Waals surface area contributed by atoms with Gasteiger partial charge in [-0.25, -0.2) is 0 Å². The van der Waals surface area contributed by atoms with Crippen LogP contribution in [0.1, 0.15) is 48.2 Å². The zero-order chi connectivity index (χ0) is 15.4. The van der Waals surface area contributed by atoms with Crippen LogP contribution in [0.25, 0.3) is 0 Å². The maximum atomic E-state index is 12.3. The van der Waals surface area contributed by atoms with Crippen LogP contribution in [0.4, 0.5) is 0 Å². The van der Waals surface area contributed by atoms with Gasteiger partial charge in [0.2, 0.25) is 0 Å². The second-order valence-corrected chi connectivity index (χ2v) is 6.50. The lowest BCUT2D eigenvalue weighted by atomic mass is 9.79. The third-order valence-corrected chi connectivity index (χ3v) is 5.11. The number of hydrogen-bond donors (Lipinski definition) is 1. The molecule has 1 saturated heterocycles. The number of rotatable bonds is 4. The average molecular weight is 306 g/mol. The lowest BCUT2D eigenvalue weighted by Crippen LogP contribution is -2.59. The van der Waals surface area contributed by atoms with Crippen LogP contribution in [-0.2, 0) is 4.74 Å². The fourth-order valence-electron chi connectivity index (χ4n) is 3.78. The van der Waals surface area contributed by atoms with Gasteiger partial charge >= 0.3 is 0 Å². The Morgan fingerprint density at radius 3 is 2.64 bits per heavy atom. The second kappa shape index (κ2) is 6.84. The molecule has 2 fully saturated rings. The maximum Gasteiger partial charge on any atom is 0.287 e. The van der Waals surface area contributed by atoms with Crippen molar-refractivity contribution in [2.75, 3.05) is 32.8 Å². The van der Waals surface area contributed by atoms with E-state index in [9.17, 15) is 4.79 Å². The summed E-state index contributed by atoms with van der Waals surface area (Å²) >= 11 is 0. The molecule has 1 aromatic heterocycles. The molecule has 3 rings (SSSR count). The Kier molecular flexibility index (Phi) is 4.84. The van der Waals surface area contributed by atoms with Crippen molar-refractivity contribution in [1.29, 1.82) is 0 Å². The summed E-state index contributed by atoms with van der Waals surface area (Å²) in [4.78, 5) is 14.9. The highest BCUT2D eigenvalue weighted by Gasteiger charge is 2.39. The van der Waals surface area contributed by atoms with E-state index in [0.29, 0.717) is 12.3 Å². The number of furan rings is 1. The standard InChI is InChI=1S/C17H26N2O3/c1-14-5-10-22-15(14)16(20)18-13-17(6-3-2-4-7-17)19-8-11-21-12-9-19/h5,10H,2-4,6-9,11-13H2,1H3,(H,18,20). The zero-order valence-corrected chi connectivity index (χ0v) is 13.4. The first-order chi connectivity index (χ1) is 10.7. The van der Waals surface area contributed by atoms with E-state index < -0.39 is 0 Å². The number of carbonyl (C=O) groups excluding carboxylic acids is 1. The minimum absolute atomic E-state index is 0.0954. The molecule has 1 aliphatic carbocycles. The first-order valence-electron chi connectivity index (χ1n) is 8.36. The van der Waals surface area contributed by atoms with E-state index in [2.05, 4.69) is 10.2 Å². The molecule has 122 valence electrons. The van der Waals surface area contributed by atoms with Gasteiger partial charge < -0.3 is 14.5 Å². The minimum atomic E-state index is -0.0966. The van der Waals surface area contributed by atoms with Gasteiger partial charge in [0, 0.05) is 30.7 Å². The van der Waals surface area contributed by atoms with Gasteiger partial charge in [-0.15, -0.1) is 0 Å². The molecule has 2 heterocycles. The van der Waals surface area contributed by atoms with Crippen LogP contribution in [0.15, 0.2) is 16.7 Å². The number of aryl methyl sites for hydroxylation is 1. The second-order valence-electron chi connectivity index (χ2n) is 6.50. The molecule has 0 aromatic carbocycles. The molecule has 0 atom stereocenters. The van der Waals surface area contributed by atoms with E-state index in [4.69, 9.17) is 9.15 Å². The molecule has 22 heavy (non-hydrogen) atoms. The van der Waals surface area contributed by atoms with Crippen molar-refractivity contribution < 1.29 is 13.9 Å². The fourth-order valence-corrected chi connectivity index (χ4v) is 3.78. The Hall–Kier alpha value is -1.33. The summed E-state index contributed by atoms with van der Waals surface area (Å²) in [5, 5.41) is 3.12. The highest BCUT2D eigenvalue weighted by atomic mass is 16.5. The smallest absolute Gasteiger partial charge is 0.287 e. The molecule has 1 aromatic rings. The first kappa shape index (κ1) is 15.6. The molecule has 0 spiro atoms. The molecule has 1 aliphatic heterocycles. The number of ether oxygens (including phenoxy) is 1. The molecule has 1 amide bonds. The predicted molar refractivity (Wildman–Crippen MR) is 84.0 cm³/mol. The third-order valence-electron chi connectivity index (χ3n) is 5.11. The third kappa shape index (κ3) is 3.20. The average Bonchev–Trinajstić information content (AvgIpc) is 3.00. The van der Waals surface area contributed by atoms with Gasteiger partial charge in [-0.3, -0.25) is 9.69 Å². The van der Waals surface area contributed by atoms with Crippen molar-refractivity contribution in [3.63, 3.8) is 0 Å². The Balaban J connectivity index is 1.67. The molecule has 5 heteroatoms. The number of nitrogens with zero attached hydrogens (tertiary/aromatic N) is 1. The molecule has 2 aliphatic rings. The number of nitrogens with one attached hydrogen (secondary N) is 1. The van der Waals surface area contributed by atoms with Gasteiger partial charge in [0.1, 0.15) is 0 Å². The van der Waals surface area contributed by atoms with Gasteiger partial charge in [0.05, 0.1) is 19.5 Å².